The van der Waals surface area contributed by atoms with Crippen molar-refractivity contribution in [2.45, 2.75) is 45.2 Å². The monoisotopic (exact) mass is 343 g/mol. The van der Waals surface area contributed by atoms with Crippen LogP contribution in [0, 0.1) is 6.92 Å². The Morgan fingerprint density at radius 1 is 1.40 bits per heavy atom. The summed E-state index contributed by atoms with van der Waals surface area (Å²) in [6, 6.07) is 5.53. The molecule has 0 unspecified atom stereocenters. The average Bonchev–Trinajstić information content (AvgIpc) is 3.07. The number of aromatic nitrogens is 1. The van der Waals surface area contributed by atoms with E-state index in [2.05, 4.69) is 10.3 Å². The van der Waals surface area contributed by atoms with Crippen LogP contribution in [0.15, 0.2) is 35.0 Å². The number of carbonyl (C=O) groups excluding carboxylic acids is 1. The molecule has 1 saturated heterocycles. The van der Waals surface area contributed by atoms with Crippen molar-refractivity contribution in [3.63, 3.8) is 0 Å². The number of hydrogen-bond acceptors (Lipinski definition) is 4. The van der Waals surface area contributed by atoms with E-state index >= 15 is 0 Å². The number of ether oxygens (including phenoxy) is 1. The summed E-state index contributed by atoms with van der Waals surface area (Å²) in [7, 11) is 1.61. The fourth-order valence-electron chi connectivity index (χ4n) is 3.37. The highest BCUT2D eigenvalue weighted by Crippen LogP contribution is 2.32. The van der Waals surface area contributed by atoms with Gasteiger partial charge < -0.3 is 19.4 Å². The van der Waals surface area contributed by atoms with Crippen molar-refractivity contribution in [1.29, 1.82) is 0 Å². The van der Waals surface area contributed by atoms with Crippen LogP contribution < -0.4 is 10.1 Å². The molecule has 3 rings (SSSR count). The number of furan rings is 1. The Kier molecular flexibility index (Phi) is 5.26. The van der Waals surface area contributed by atoms with Crippen molar-refractivity contribution in [2.75, 3.05) is 13.7 Å². The van der Waals surface area contributed by atoms with E-state index in [0.717, 1.165) is 42.9 Å². The third-order valence-electron chi connectivity index (χ3n) is 4.70. The Labute approximate surface area is 148 Å². The standard InChI is InChI=1S/C19H25N3O3/c1-13-7-8-17(25-13)16-6-4-5-11-22(16)19(23)21-14(2)15-9-10-20-12-18(15)24-3/h7-10,12,14,16H,4-6,11H2,1-3H3,(H,21,23)/t14-,16-/m0/s1. The quantitative estimate of drug-likeness (QED) is 0.911. The van der Waals surface area contributed by atoms with Crippen LogP contribution in [0.5, 0.6) is 5.75 Å². The predicted molar refractivity (Wildman–Crippen MR) is 94.5 cm³/mol. The van der Waals surface area contributed by atoms with Gasteiger partial charge in [-0.15, -0.1) is 0 Å². The van der Waals surface area contributed by atoms with Gasteiger partial charge in [0.05, 0.1) is 25.4 Å². The largest absolute Gasteiger partial charge is 0.495 e. The maximum atomic E-state index is 12.9. The number of urea groups is 1. The summed E-state index contributed by atoms with van der Waals surface area (Å²) in [6.45, 7) is 4.61. The van der Waals surface area contributed by atoms with E-state index in [9.17, 15) is 4.79 Å². The third kappa shape index (κ3) is 3.78. The number of pyridine rings is 1. The van der Waals surface area contributed by atoms with E-state index in [-0.39, 0.29) is 18.1 Å². The minimum atomic E-state index is -0.175. The molecular weight excluding hydrogens is 318 g/mol. The number of nitrogens with one attached hydrogen (secondary N) is 1. The Balaban J connectivity index is 1.74. The van der Waals surface area contributed by atoms with Gasteiger partial charge in [-0.3, -0.25) is 4.98 Å². The van der Waals surface area contributed by atoms with E-state index in [1.807, 2.05) is 36.9 Å². The molecule has 2 atom stereocenters. The zero-order valence-electron chi connectivity index (χ0n) is 15.0. The molecule has 0 bridgehead atoms. The molecule has 2 aromatic heterocycles. The fourth-order valence-corrected chi connectivity index (χ4v) is 3.37. The van der Waals surface area contributed by atoms with Gasteiger partial charge >= 0.3 is 6.03 Å². The number of likely N-dealkylation sites (tertiary alicyclic amines) is 1. The van der Waals surface area contributed by atoms with Crippen molar-refractivity contribution >= 4 is 6.03 Å². The molecule has 2 amide bonds. The predicted octanol–water partition coefficient (Wildman–Crippen LogP) is 3.99. The highest BCUT2D eigenvalue weighted by Gasteiger charge is 2.31. The topological polar surface area (TPSA) is 67.6 Å². The lowest BCUT2D eigenvalue weighted by molar-refractivity contribution is 0.137. The smallest absolute Gasteiger partial charge is 0.318 e. The van der Waals surface area contributed by atoms with Crippen LogP contribution in [0.3, 0.4) is 0 Å². The second kappa shape index (κ2) is 7.59. The number of methoxy groups -OCH3 is 1. The van der Waals surface area contributed by atoms with E-state index < -0.39 is 0 Å². The Hall–Kier alpha value is -2.50. The number of aryl methyl sites for hydroxylation is 1. The van der Waals surface area contributed by atoms with Crippen LogP contribution in [-0.4, -0.2) is 29.6 Å². The first kappa shape index (κ1) is 17.3. The molecule has 25 heavy (non-hydrogen) atoms. The van der Waals surface area contributed by atoms with Crippen LogP contribution in [-0.2, 0) is 0 Å². The second-order valence-corrected chi connectivity index (χ2v) is 6.44. The Morgan fingerprint density at radius 3 is 2.96 bits per heavy atom. The van der Waals surface area contributed by atoms with Gasteiger partial charge in [-0.25, -0.2) is 4.79 Å². The number of piperidine rings is 1. The molecule has 1 fully saturated rings. The van der Waals surface area contributed by atoms with Gasteiger partial charge in [-0.2, -0.15) is 0 Å². The molecule has 6 nitrogen and oxygen atoms in total. The van der Waals surface area contributed by atoms with Crippen LogP contribution in [0.4, 0.5) is 4.79 Å². The molecule has 134 valence electrons. The Bertz CT molecular complexity index is 728. The van der Waals surface area contributed by atoms with Gasteiger partial charge in [0.15, 0.2) is 0 Å². The van der Waals surface area contributed by atoms with Gasteiger partial charge in [0, 0.05) is 18.3 Å². The van der Waals surface area contributed by atoms with Crippen molar-refractivity contribution in [2.24, 2.45) is 0 Å². The summed E-state index contributed by atoms with van der Waals surface area (Å²) >= 11 is 0. The van der Waals surface area contributed by atoms with Crippen LogP contribution in [0.1, 0.15) is 55.4 Å². The average molecular weight is 343 g/mol. The first-order chi connectivity index (χ1) is 12.1. The van der Waals surface area contributed by atoms with Crippen LogP contribution >= 0.6 is 0 Å². The number of rotatable bonds is 4. The summed E-state index contributed by atoms with van der Waals surface area (Å²) in [5.74, 6) is 2.41. The molecular formula is C19H25N3O3. The van der Waals surface area contributed by atoms with E-state index in [0.29, 0.717) is 5.75 Å². The first-order valence-electron chi connectivity index (χ1n) is 8.71. The van der Waals surface area contributed by atoms with Gasteiger partial charge in [-0.05, 0) is 51.3 Å². The summed E-state index contributed by atoms with van der Waals surface area (Å²) in [5, 5.41) is 3.08. The lowest BCUT2D eigenvalue weighted by atomic mass is 10.0. The SMILES string of the molecule is COc1cnccc1[C@H](C)NC(=O)N1CCCC[C@H]1c1ccc(C)o1. The number of carbonyl (C=O) groups is 1. The zero-order valence-corrected chi connectivity index (χ0v) is 15.0. The number of nitrogens with zero attached hydrogens (tertiary/aromatic N) is 2. The molecule has 3 heterocycles. The maximum absolute atomic E-state index is 12.9. The normalized spacial score (nSPS) is 18.7. The minimum Gasteiger partial charge on any atom is -0.495 e. The van der Waals surface area contributed by atoms with Gasteiger partial charge in [0.25, 0.3) is 0 Å². The van der Waals surface area contributed by atoms with E-state index in [4.69, 9.17) is 9.15 Å². The minimum absolute atomic E-state index is 0.00557. The molecule has 0 aromatic carbocycles. The zero-order chi connectivity index (χ0) is 17.8. The van der Waals surface area contributed by atoms with Crippen LogP contribution in [0.2, 0.25) is 0 Å². The van der Waals surface area contributed by atoms with Crippen molar-refractivity contribution in [3.8, 4) is 5.75 Å². The molecule has 1 aliphatic rings. The van der Waals surface area contributed by atoms with Crippen molar-refractivity contribution in [3.05, 3.63) is 47.7 Å². The number of hydrogen-bond donors (Lipinski definition) is 1. The molecule has 6 heteroatoms. The highest BCUT2D eigenvalue weighted by molar-refractivity contribution is 5.75. The lowest BCUT2D eigenvalue weighted by Crippen LogP contribution is -2.45. The van der Waals surface area contributed by atoms with E-state index in [1.165, 1.54) is 0 Å². The van der Waals surface area contributed by atoms with Crippen LogP contribution in [0.25, 0.3) is 0 Å². The summed E-state index contributed by atoms with van der Waals surface area (Å²) in [4.78, 5) is 18.8. The fraction of sp³-hybridized carbons (Fsp3) is 0.474. The van der Waals surface area contributed by atoms with Crippen molar-refractivity contribution < 1.29 is 13.9 Å². The molecule has 2 aromatic rings. The van der Waals surface area contributed by atoms with Crippen molar-refractivity contribution in [1.82, 2.24) is 15.2 Å². The Morgan fingerprint density at radius 2 is 2.24 bits per heavy atom. The summed E-state index contributed by atoms with van der Waals surface area (Å²) in [6.07, 6.45) is 6.40. The molecule has 0 aliphatic carbocycles. The van der Waals surface area contributed by atoms with Gasteiger partial charge in [0.1, 0.15) is 17.3 Å². The number of amides is 2. The highest BCUT2D eigenvalue weighted by atomic mass is 16.5. The van der Waals surface area contributed by atoms with E-state index in [1.54, 1.807) is 19.5 Å². The molecule has 0 radical (unpaired) electrons. The first-order valence-corrected chi connectivity index (χ1v) is 8.71. The lowest BCUT2D eigenvalue weighted by Gasteiger charge is -2.35. The molecule has 1 N–H and O–H groups in total. The molecule has 0 spiro atoms. The van der Waals surface area contributed by atoms with Gasteiger partial charge in [0.2, 0.25) is 0 Å². The summed E-state index contributed by atoms with van der Waals surface area (Å²) < 4.78 is 11.1. The second-order valence-electron chi connectivity index (χ2n) is 6.44. The third-order valence-corrected chi connectivity index (χ3v) is 4.70. The van der Waals surface area contributed by atoms with Gasteiger partial charge in [-0.1, -0.05) is 0 Å². The summed E-state index contributed by atoms with van der Waals surface area (Å²) in [5.41, 5.74) is 0.910. The maximum Gasteiger partial charge on any atom is 0.318 e. The molecule has 0 saturated carbocycles. The molecule has 1 aliphatic heterocycles.